The molecule has 5 heteroatoms. The van der Waals surface area contributed by atoms with E-state index in [0.717, 1.165) is 30.3 Å². The van der Waals surface area contributed by atoms with Gasteiger partial charge >= 0.3 is 0 Å². The van der Waals surface area contributed by atoms with Crippen molar-refractivity contribution in [3.8, 4) is 0 Å². The lowest BCUT2D eigenvalue weighted by Crippen LogP contribution is -2.46. The van der Waals surface area contributed by atoms with Crippen molar-refractivity contribution in [2.24, 2.45) is 0 Å². The van der Waals surface area contributed by atoms with Crippen LogP contribution in [0, 0.1) is 6.92 Å². The monoisotopic (exact) mass is 236 g/mol. The van der Waals surface area contributed by atoms with Gasteiger partial charge < -0.3 is 9.84 Å². The third kappa shape index (κ3) is 2.35. The molecule has 0 saturated carbocycles. The predicted molar refractivity (Wildman–Crippen MR) is 63.5 cm³/mol. The van der Waals surface area contributed by atoms with Crippen LogP contribution in [0.2, 0.25) is 0 Å². The quantitative estimate of drug-likeness (QED) is 0.851. The van der Waals surface area contributed by atoms with E-state index in [1.165, 1.54) is 25.7 Å². The third-order valence-corrected chi connectivity index (χ3v) is 4.03. The molecule has 94 valence electrons. The fourth-order valence-electron chi connectivity index (χ4n) is 3.13. The van der Waals surface area contributed by atoms with E-state index in [4.69, 9.17) is 4.52 Å². The highest BCUT2D eigenvalue weighted by atomic mass is 16.5. The SMILES string of the molecule is Cc1noc(CN(C)C2CC3CCC(C2)N3)n1. The molecule has 2 atom stereocenters. The molecule has 3 heterocycles. The Morgan fingerprint density at radius 3 is 2.65 bits per heavy atom. The summed E-state index contributed by atoms with van der Waals surface area (Å²) in [5, 5.41) is 7.50. The average molecular weight is 236 g/mol. The van der Waals surface area contributed by atoms with Crippen molar-refractivity contribution in [3.63, 3.8) is 0 Å². The Bertz CT molecular complexity index is 380. The average Bonchev–Trinajstić information content (AvgIpc) is 2.85. The van der Waals surface area contributed by atoms with Crippen LogP contribution in [0.1, 0.15) is 37.4 Å². The number of hydrogen-bond acceptors (Lipinski definition) is 5. The molecule has 3 rings (SSSR count). The molecule has 1 aromatic heterocycles. The van der Waals surface area contributed by atoms with Gasteiger partial charge in [0.1, 0.15) is 0 Å². The van der Waals surface area contributed by atoms with Crippen molar-refractivity contribution < 1.29 is 4.52 Å². The maximum absolute atomic E-state index is 5.18. The zero-order valence-corrected chi connectivity index (χ0v) is 10.5. The van der Waals surface area contributed by atoms with Crippen LogP contribution in [0.15, 0.2) is 4.52 Å². The Kier molecular flexibility index (Phi) is 2.88. The minimum absolute atomic E-state index is 0.654. The summed E-state index contributed by atoms with van der Waals surface area (Å²) in [7, 11) is 2.16. The van der Waals surface area contributed by atoms with Crippen LogP contribution in [0.3, 0.4) is 0 Å². The van der Waals surface area contributed by atoms with E-state index in [-0.39, 0.29) is 0 Å². The molecular weight excluding hydrogens is 216 g/mol. The van der Waals surface area contributed by atoms with Gasteiger partial charge in [0.25, 0.3) is 0 Å². The predicted octanol–water partition coefficient (Wildman–Crippen LogP) is 1.09. The van der Waals surface area contributed by atoms with Gasteiger partial charge in [-0.15, -0.1) is 0 Å². The molecule has 2 aliphatic heterocycles. The summed E-state index contributed by atoms with van der Waals surface area (Å²) in [6.07, 6.45) is 5.18. The Labute approximate surface area is 102 Å². The minimum Gasteiger partial charge on any atom is -0.338 e. The number of nitrogens with zero attached hydrogens (tertiary/aromatic N) is 3. The molecule has 0 radical (unpaired) electrons. The fourth-order valence-corrected chi connectivity index (χ4v) is 3.13. The van der Waals surface area contributed by atoms with Gasteiger partial charge in [0, 0.05) is 18.1 Å². The molecule has 1 N–H and O–H groups in total. The lowest BCUT2D eigenvalue weighted by atomic mass is 9.98. The molecule has 0 amide bonds. The first-order valence-electron chi connectivity index (χ1n) is 6.46. The van der Waals surface area contributed by atoms with Gasteiger partial charge in [-0.25, -0.2) is 0 Å². The van der Waals surface area contributed by atoms with Crippen molar-refractivity contribution in [2.45, 2.75) is 57.3 Å². The number of piperidine rings is 1. The minimum atomic E-state index is 0.654. The summed E-state index contributed by atoms with van der Waals surface area (Å²) < 4.78 is 5.18. The molecular formula is C12H20N4O. The first-order chi connectivity index (χ1) is 8.20. The first kappa shape index (κ1) is 11.2. The molecule has 0 aromatic carbocycles. The second-order valence-electron chi connectivity index (χ2n) is 5.41. The largest absolute Gasteiger partial charge is 0.338 e. The topological polar surface area (TPSA) is 54.2 Å². The van der Waals surface area contributed by atoms with E-state index >= 15 is 0 Å². The van der Waals surface area contributed by atoms with Crippen LogP contribution in [0.5, 0.6) is 0 Å². The van der Waals surface area contributed by atoms with Crippen LogP contribution >= 0.6 is 0 Å². The summed E-state index contributed by atoms with van der Waals surface area (Å²) in [5.74, 6) is 1.45. The lowest BCUT2D eigenvalue weighted by Gasteiger charge is -2.34. The van der Waals surface area contributed by atoms with Gasteiger partial charge in [0.05, 0.1) is 6.54 Å². The molecule has 17 heavy (non-hydrogen) atoms. The van der Waals surface area contributed by atoms with E-state index in [2.05, 4.69) is 27.4 Å². The molecule has 0 spiro atoms. The molecule has 2 fully saturated rings. The normalized spacial score (nSPS) is 32.3. The first-order valence-corrected chi connectivity index (χ1v) is 6.46. The van der Waals surface area contributed by atoms with E-state index < -0.39 is 0 Å². The van der Waals surface area contributed by atoms with Crippen molar-refractivity contribution in [2.75, 3.05) is 7.05 Å². The lowest BCUT2D eigenvalue weighted by molar-refractivity contribution is 0.150. The zero-order valence-electron chi connectivity index (χ0n) is 10.5. The number of fused-ring (bicyclic) bond motifs is 2. The molecule has 5 nitrogen and oxygen atoms in total. The highest BCUT2D eigenvalue weighted by Crippen LogP contribution is 2.29. The van der Waals surface area contributed by atoms with Crippen molar-refractivity contribution in [1.29, 1.82) is 0 Å². The van der Waals surface area contributed by atoms with Gasteiger partial charge in [0.15, 0.2) is 5.82 Å². The number of rotatable bonds is 3. The smallest absolute Gasteiger partial charge is 0.240 e. The van der Waals surface area contributed by atoms with Crippen molar-refractivity contribution in [3.05, 3.63) is 11.7 Å². The molecule has 2 unspecified atom stereocenters. The second-order valence-corrected chi connectivity index (χ2v) is 5.41. The second kappa shape index (κ2) is 4.38. The van der Waals surface area contributed by atoms with Crippen LogP contribution in [-0.2, 0) is 6.54 Å². The molecule has 2 aliphatic rings. The van der Waals surface area contributed by atoms with Crippen LogP contribution in [0.4, 0.5) is 0 Å². The van der Waals surface area contributed by atoms with Crippen LogP contribution in [-0.4, -0.2) is 40.2 Å². The maximum atomic E-state index is 5.18. The van der Waals surface area contributed by atoms with Gasteiger partial charge in [-0.2, -0.15) is 4.98 Å². The highest BCUT2D eigenvalue weighted by molar-refractivity contribution is 4.96. The Hall–Kier alpha value is -0.940. The zero-order chi connectivity index (χ0) is 11.8. The number of aryl methyl sites for hydroxylation is 1. The summed E-state index contributed by atoms with van der Waals surface area (Å²) in [6, 6.07) is 2.11. The van der Waals surface area contributed by atoms with Gasteiger partial charge in [-0.1, -0.05) is 5.16 Å². The van der Waals surface area contributed by atoms with Crippen LogP contribution in [0.25, 0.3) is 0 Å². The van der Waals surface area contributed by atoms with E-state index in [1.54, 1.807) is 0 Å². The van der Waals surface area contributed by atoms with Gasteiger partial charge in [-0.3, -0.25) is 4.90 Å². The molecule has 2 saturated heterocycles. The summed E-state index contributed by atoms with van der Waals surface area (Å²) in [5.41, 5.74) is 0. The number of aromatic nitrogens is 2. The maximum Gasteiger partial charge on any atom is 0.240 e. The van der Waals surface area contributed by atoms with Gasteiger partial charge in [0.2, 0.25) is 5.89 Å². The third-order valence-electron chi connectivity index (χ3n) is 4.03. The Morgan fingerprint density at radius 2 is 2.06 bits per heavy atom. The number of nitrogens with one attached hydrogen (secondary N) is 1. The summed E-state index contributed by atoms with van der Waals surface area (Å²) in [6.45, 7) is 2.63. The van der Waals surface area contributed by atoms with Gasteiger partial charge in [-0.05, 0) is 39.7 Å². The molecule has 2 bridgehead atoms. The molecule has 0 aliphatic carbocycles. The fraction of sp³-hybridized carbons (Fsp3) is 0.833. The highest BCUT2D eigenvalue weighted by Gasteiger charge is 2.35. The summed E-state index contributed by atoms with van der Waals surface area (Å²) >= 11 is 0. The summed E-state index contributed by atoms with van der Waals surface area (Å²) in [4.78, 5) is 6.62. The standard InChI is InChI=1S/C12H20N4O/c1-8-13-12(17-15-8)7-16(2)11-5-9-3-4-10(6-11)14-9/h9-11,14H,3-7H2,1-2H3. The van der Waals surface area contributed by atoms with Crippen molar-refractivity contribution >= 4 is 0 Å². The van der Waals surface area contributed by atoms with Crippen molar-refractivity contribution in [1.82, 2.24) is 20.4 Å². The molecule has 1 aromatic rings. The van der Waals surface area contributed by atoms with E-state index in [0.29, 0.717) is 6.04 Å². The Morgan fingerprint density at radius 1 is 1.35 bits per heavy atom. The van der Waals surface area contributed by atoms with E-state index in [9.17, 15) is 0 Å². The van der Waals surface area contributed by atoms with Crippen LogP contribution < -0.4 is 5.32 Å². The Balaban J connectivity index is 1.60. The number of hydrogen-bond donors (Lipinski definition) is 1. The van der Waals surface area contributed by atoms with E-state index in [1.807, 2.05) is 6.92 Å².